The number of aromatic nitrogens is 3. The molecule has 0 radical (unpaired) electrons. The van der Waals surface area contributed by atoms with E-state index in [1.165, 1.54) is 4.52 Å². The van der Waals surface area contributed by atoms with Crippen LogP contribution in [-0.2, 0) is 4.74 Å². The summed E-state index contributed by atoms with van der Waals surface area (Å²) < 4.78 is 7.01. The summed E-state index contributed by atoms with van der Waals surface area (Å²) in [5, 5.41) is 3.14. The summed E-state index contributed by atoms with van der Waals surface area (Å²) in [5.74, 6) is 0. The van der Waals surface area contributed by atoms with Crippen LogP contribution in [0, 0.1) is 13.8 Å². The number of piperidine rings is 1. The van der Waals surface area contributed by atoms with Crippen LogP contribution in [0.1, 0.15) is 63.0 Å². The van der Waals surface area contributed by atoms with E-state index in [0.29, 0.717) is 17.8 Å². The number of hydrogen-bond acceptors (Lipinski definition) is 4. The van der Waals surface area contributed by atoms with Crippen molar-refractivity contribution in [2.24, 2.45) is 0 Å². The number of aromatic amines is 1. The van der Waals surface area contributed by atoms with Crippen molar-refractivity contribution in [2.75, 3.05) is 6.54 Å². The Hall–Kier alpha value is -2.31. The molecule has 0 saturated carbocycles. The summed E-state index contributed by atoms with van der Waals surface area (Å²) in [4.78, 5) is 31.3. The summed E-state index contributed by atoms with van der Waals surface area (Å²) in [5.41, 5.74) is 2.11. The third kappa shape index (κ3) is 3.41. The number of H-pyrrole nitrogens is 1. The molecular formula is C18H26N4O3. The van der Waals surface area contributed by atoms with E-state index in [9.17, 15) is 9.59 Å². The Morgan fingerprint density at radius 3 is 2.72 bits per heavy atom. The molecule has 1 amide bonds. The fourth-order valence-electron chi connectivity index (χ4n) is 3.20. The SMILES string of the molecule is Cc1nc2cc(C3CCCCN3C(=O)OC(C)(C)C)[nH]n2c(=O)c1C. The van der Waals surface area contributed by atoms with E-state index in [-0.39, 0.29) is 17.7 Å². The highest BCUT2D eigenvalue weighted by atomic mass is 16.6. The van der Waals surface area contributed by atoms with Crippen molar-refractivity contribution >= 4 is 11.7 Å². The second-order valence-electron chi connectivity index (χ2n) is 7.72. The number of nitrogens with zero attached hydrogens (tertiary/aromatic N) is 3. The lowest BCUT2D eigenvalue weighted by molar-refractivity contribution is 0.00897. The highest BCUT2D eigenvalue weighted by molar-refractivity contribution is 5.69. The van der Waals surface area contributed by atoms with Gasteiger partial charge in [0.05, 0.1) is 11.7 Å². The lowest BCUT2D eigenvalue weighted by Gasteiger charge is -2.36. The highest BCUT2D eigenvalue weighted by Crippen LogP contribution is 2.31. The first-order valence-electron chi connectivity index (χ1n) is 8.76. The summed E-state index contributed by atoms with van der Waals surface area (Å²) in [6.45, 7) is 9.84. The molecule has 2 aromatic heterocycles. The lowest BCUT2D eigenvalue weighted by Crippen LogP contribution is -2.42. The molecule has 0 aromatic carbocycles. The fourth-order valence-corrected chi connectivity index (χ4v) is 3.20. The van der Waals surface area contributed by atoms with Crippen LogP contribution in [0.4, 0.5) is 4.79 Å². The molecule has 136 valence electrons. The van der Waals surface area contributed by atoms with Crippen LogP contribution in [0.15, 0.2) is 10.9 Å². The smallest absolute Gasteiger partial charge is 0.410 e. The van der Waals surface area contributed by atoms with E-state index in [0.717, 1.165) is 30.7 Å². The molecule has 1 N–H and O–H groups in total. The summed E-state index contributed by atoms with van der Waals surface area (Å²) >= 11 is 0. The van der Waals surface area contributed by atoms with Gasteiger partial charge in [0.1, 0.15) is 5.60 Å². The quantitative estimate of drug-likeness (QED) is 0.860. The second kappa shape index (κ2) is 6.20. The van der Waals surface area contributed by atoms with Crippen LogP contribution >= 0.6 is 0 Å². The molecule has 0 spiro atoms. The molecular weight excluding hydrogens is 320 g/mol. The number of amides is 1. The molecule has 1 aliphatic rings. The van der Waals surface area contributed by atoms with Gasteiger partial charge in [-0.1, -0.05) is 0 Å². The molecule has 2 aromatic rings. The third-order valence-electron chi connectivity index (χ3n) is 4.59. The Bertz CT molecular complexity index is 860. The number of hydrogen-bond donors (Lipinski definition) is 1. The predicted molar refractivity (Wildman–Crippen MR) is 94.8 cm³/mol. The average Bonchev–Trinajstić information content (AvgIpc) is 2.95. The van der Waals surface area contributed by atoms with Crippen LogP contribution in [-0.4, -0.2) is 37.7 Å². The maximum Gasteiger partial charge on any atom is 0.410 e. The maximum absolute atomic E-state index is 12.6. The molecule has 1 atom stereocenters. The molecule has 3 rings (SSSR count). The first kappa shape index (κ1) is 17.5. The molecule has 7 heteroatoms. The van der Waals surface area contributed by atoms with Crippen LogP contribution < -0.4 is 5.56 Å². The van der Waals surface area contributed by atoms with Crippen molar-refractivity contribution in [3.63, 3.8) is 0 Å². The van der Waals surface area contributed by atoms with Gasteiger partial charge in [0.15, 0.2) is 5.65 Å². The Morgan fingerprint density at radius 1 is 1.32 bits per heavy atom. The first-order chi connectivity index (χ1) is 11.7. The van der Waals surface area contributed by atoms with Crippen LogP contribution in [0.25, 0.3) is 5.65 Å². The minimum Gasteiger partial charge on any atom is -0.444 e. The molecule has 0 bridgehead atoms. The summed E-state index contributed by atoms with van der Waals surface area (Å²) in [6, 6.07) is 1.73. The summed E-state index contributed by atoms with van der Waals surface area (Å²) in [7, 11) is 0. The number of likely N-dealkylation sites (tertiary alicyclic amines) is 1. The number of nitrogens with one attached hydrogen (secondary N) is 1. The second-order valence-corrected chi connectivity index (χ2v) is 7.72. The van der Waals surface area contributed by atoms with E-state index in [1.54, 1.807) is 11.8 Å². The minimum atomic E-state index is -0.535. The first-order valence-corrected chi connectivity index (χ1v) is 8.76. The van der Waals surface area contributed by atoms with Crippen LogP contribution in [0.3, 0.4) is 0 Å². The number of carbonyl (C=O) groups is 1. The molecule has 3 heterocycles. The van der Waals surface area contributed by atoms with Crippen molar-refractivity contribution in [1.29, 1.82) is 0 Å². The molecule has 1 aliphatic heterocycles. The van der Waals surface area contributed by atoms with E-state index < -0.39 is 5.60 Å². The Morgan fingerprint density at radius 2 is 2.04 bits per heavy atom. The minimum absolute atomic E-state index is 0.103. The van der Waals surface area contributed by atoms with Crippen LogP contribution in [0.2, 0.25) is 0 Å². The third-order valence-corrected chi connectivity index (χ3v) is 4.59. The van der Waals surface area contributed by atoms with E-state index in [2.05, 4.69) is 10.1 Å². The van der Waals surface area contributed by atoms with E-state index in [4.69, 9.17) is 4.74 Å². The molecule has 7 nitrogen and oxygen atoms in total. The van der Waals surface area contributed by atoms with Gasteiger partial charge in [0, 0.05) is 23.9 Å². The van der Waals surface area contributed by atoms with Gasteiger partial charge >= 0.3 is 6.09 Å². The molecule has 1 saturated heterocycles. The van der Waals surface area contributed by atoms with E-state index >= 15 is 0 Å². The van der Waals surface area contributed by atoms with Crippen molar-refractivity contribution in [3.05, 3.63) is 33.4 Å². The van der Waals surface area contributed by atoms with Crippen molar-refractivity contribution in [2.45, 2.75) is 65.5 Å². The highest BCUT2D eigenvalue weighted by Gasteiger charge is 2.32. The van der Waals surface area contributed by atoms with Gasteiger partial charge in [-0.05, 0) is 53.9 Å². The zero-order chi connectivity index (χ0) is 18.4. The van der Waals surface area contributed by atoms with Gasteiger partial charge in [0.2, 0.25) is 0 Å². The topological polar surface area (TPSA) is 79.7 Å². The number of rotatable bonds is 1. The Labute approximate surface area is 147 Å². The van der Waals surface area contributed by atoms with Crippen molar-refractivity contribution in [1.82, 2.24) is 19.5 Å². The zero-order valence-corrected chi connectivity index (χ0v) is 15.5. The average molecular weight is 346 g/mol. The monoisotopic (exact) mass is 346 g/mol. The molecule has 1 unspecified atom stereocenters. The van der Waals surface area contributed by atoms with Gasteiger partial charge in [-0.25, -0.2) is 14.3 Å². The number of aryl methyl sites for hydroxylation is 1. The van der Waals surface area contributed by atoms with E-state index in [1.807, 2.05) is 33.8 Å². The number of ether oxygens (including phenoxy) is 1. The van der Waals surface area contributed by atoms with Gasteiger partial charge in [-0.2, -0.15) is 0 Å². The zero-order valence-electron chi connectivity index (χ0n) is 15.5. The fraction of sp³-hybridized carbons (Fsp3) is 0.611. The largest absolute Gasteiger partial charge is 0.444 e. The Balaban J connectivity index is 1.98. The number of fused-ring (bicyclic) bond motifs is 1. The molecule has 25 heavy (non-hydrogen) atoms. The number of carbonyl (C=O) groups excluding carboxylic acids is 1. The lowest BCUT2D eigenvalue weighted by atomic mass is 10.00. The van der Waals surface area contributed by atoms with Crippen molar-refractivity contribution in [3.8, 4) is 0 Å². The van der Waals surface area contributed by atoms with Gasteiger partial charge in [-0.15, -0.1) is 0 Å². The summed E-state index contributed by atoms with van der Waals surface area (Å²) in [6.07, 6.45) is 2.49. The predicted octanol–water partition coefficient (Wildman–Crippen LogP) is 3.10. The van der Waals surface area contributed by atoms with Gasteiger partial charge in [-0.3, -0.25) is 14.8 Å². The van der Waals surface area contributed by atoms with Gasteiger partial charge in [0.25, 0.3) is 5.56 Å². The molecule has 0 aliphatic carbocycles. The normalized spacial score (nSPS) is 18.6. The standard InChI is InChI=1S/C18H26N4O3/c1-11-12(2)19-15-10-13(20-22(15)16(11)23)14-8-6-7-9-21(14)17(24)25-18(3,4)5/h10,14,20H,6-9H2,1-5H3. The molecule has 1 fully saturated rings. The maximum atomic E-state index is 12.6. The van der Waals surface area contributed by atoms with Gasteiger partial charge < -0.3 is 4.74 Å². The Kier molecular flexibility index (Phi) is 4.34. The van der Waals surface area contributed by atoms with Crippen molar-refractivity contribution < 1.29 is 9.53 Å². The van der Waals surface area contributed by atoms with Crippen LogP contribution in [0.5, 0.6) is 0 Å².